The summed E-state index contributed by atoms with van der Waals surface area (Å²) in [5.74, 6) is 0.477. The summed E-state index contributed by atoms with van der Waals surface area (Å²) in [6.45, 7) is 8.38. The third kappa shape index (κ3) is 3.23. The molecule has 1 N–H and O–H groups in total. The first-order valence-electron chi connectivity index (χ1n) is 6.71. The van der Waals surface area contributed by atoms with Crippen LogP contribution < -0.4 is 5.32 Å². The molecule has 3 nitrogen and oxygen atoms in total. The number of benzene rings is 1. The number of carbonyl (C=O) groups excluding carboxylic acids is 1. The SMILES string of the molecule is Cc1cccnc1NC(=O)c1ccc(C(C)(C)C)cc1. The van der Waals surface area contributed by atoms with Gasteiger partial charge >= 0.3 is 0 Å². The number of pyridine rings is 1. The molecule has 0 saturated heterocycles. The Hall–Kier alpha value is -2.16. The lowest BCUT2D eigenvalue weighted by atomic mass is 9.87. The fraction of sp³-hybridized carbons (Fsp3) is 0.294. The predicted molar refractivity (Wildman–Crippen MR) is 82.1 cm³/mol. The van der Waals surface area contributed by atoms with Crippen LogP contribution in [0.2, 0.25) is 0 Å². The Morgan fingerprint density at radius 3 is 2.30 bits per heavy atom. The number of carbonyl (C=O) groups is 1. The van der Waals surface area contributed by atoms with E-state index >= 15 is 0 Å². The van der Waals surface area contributed by atoms with Crippen molar-refractivity contribution in [3.8, 4) is 0 Å². The molecule has 0 bridgehead atoms. The number of hydrogen-bond donors (Lipinski definition) is 1. The molecule has 104 valence electrons. The zero-order valence-corrected chi connectivity index (χ0v) is 12.4. The molecule has 0 radical (unpaired) electrons. The summed E-state index contributed by atoms with van der Waals surface area (Å²) in [7, 11) is 0. The fourth-order valence-corrected chi connectivity index (χ4v) is 1.92. The first-order valence-corrected chi connectivity index (χ1v) is 6.71. The standard InChI is InChI=1S/C17H20N2O/c1-12-6-5-11-18-15(12)19-16(20)13-7-9-14(10-8-13)17(2,3)4/h5-11H,1-4H3,(H,18,19,20). The van der Waals surface area contributed by atoms with Gasteiger partial charge in [0.2, 0.25) is 0 Å². The van der Waals surface area contributed by atoms with Crippen molar-refractivity contribution in [2.75, 3.05) is 5.32 Å². The fourth-order valence-electron chi connectivity index (χ4n) is 1.92. The van der Waals surface area contributed by atoms with Crippen LogP contribution in [0.4, 0.5) is 5.82 Å². The van der Waals surface area contributed by atoms with E-state index in [1.165, 1.54) is 5.56 Å². The molecule has 0 unspecified atom stereocenters. The lowest BCUT2D eigenvalue weighted by molar-refractivity contribution is 0.102. The quantitative estimate of drug-likeness (QED) is 0.896. The summed E-state index contributed by atoms with van der Waals surface area (Å²) >= 11 is 0. The van der Waals surface area contributed by atoms with Crippen LogP contribution in [-0.2, 0) is 5.41 Å². The summed E-state index contributed by atoms with van der Waals surface area (Å²) in [6.07, 6.45) is 1.67. The van der Waals surface area contributed by atoms with E-state index in [0.717, 1.165) is 5.56 Å². The first kappa shape index (κ1) is 14.3. The van der Waals surface area contributed by atoms with Crippen molar-refractivity contribution in [3.63, 3.8) is 0 Å². The van der Waals surface area contributed by atoms with Crippen LogP contribution in [0.3, 0.4) is 0 Å². The zero-order chi connectivity index (χ0) is 14.8. The molecule has 0 aliphatic rings. The van der Waals surface area contributed by atoms with Crippen LogP contribution in [0, 0.1) is 6.92 Å². The summed E-state index contributed by atoms with van der Waals surface area (Å²) in [4.78, 5) is 16.3. The van der Waals surface area contributed by atoms with Crippen molar-refractivity contribution in [2.45, 2.75) is 33.1 Å². The third-order valence-corrected chi connectivity index (χ3v) is 3.25. The van der Waals surface area contributed by atoms with E-state index in [9.17, 15) is 4.79 Å². The number of nitrogens with one attached hydrogen (secondary N) is 1. The van der Waals surface area contributed by atoms with Crippen molar-refractivity contribution in [2.24, 2.45) is 0 Å². The minimum Gasteiger partial charge on any atom is -0.306 e. The molecule has 0 aliphatic carbocycles. The second-order valence-corrected chi connectivity index (χ2v) is 5.95. The van der Waals surface area contributed by atoms with E-state index in [1.807, 2.05) is 43.3 Å². The molecule has 2 rings (SSSR count). The Kier molecular flexibility index (Phi) is 3.89. The van der Waals surface area contributed by atoms with Crippen LogP contribution in [0.5, 0.6) is 0 Å². The van der Waals surface area contributed by atoms with Crippen molar-refractivity contribution in [3.05, 3.63) is 59.3 Å². The van der Waals surface area contributed by atoms with Gasteiger partial charge in [-0.3, -0.25) is 4.79 Å². The Labute approximate surface area is 120 Å². The lowest BCUT2D eigenvalue weighted by Gasteiger charge is -2.19. The first-order chi connectivity index (χ1) is 9.38. The Morgan fingerprint density at radius 2 is 1.75 bits per heavy atom. The molecule has 0 saturated carbocycles. The Morgan fingerprint density at radius 1 is 1.10 bits per heavy atom. The highest BCUT2D eigenvalue weighted by Crippen LogP contribution is 2.22. The van der Waals surface area contributed by atoms with Gasteiger partial charge in [-0.05, 0) is 41.7 Å². The number of aromatic nitrogens is 1. The maximum Gasteiger partial charge on any atom is 0.256 e. The molecule has 20 heavy (non-hydrogen) atoms. The van der Waals surface area contributed by atoms with Gasteiger partial charge in [-0.2, -0.15) is 0 Å². The smallest absolute Gasteiger partial charge is 0.256 e. The van der Waals surface area contributed by atoms with Crippen molar-refractivity contribution in [1.82, 2.24) is 4.98 Å². The van der Waals surface area contributed by atoms with Crippen LogP contribution in [-0.4, -0.2) is 10.9 Å². The highest BCUT2D eigenvalue weighted by molar-refractivity contribution is 6.04. The maximum atomic E-state index is 12.2. The van der Waals surface area contributed by atoms with Gasteiger partial charge in [0.25, 0.3) is 5.91 Å². The van der Waals surface area contributed by atoms with Gasteiger partial charge in [-0.25, -0.2) is 4.98 Å². The zero-order valence-electron chi connectivity index (χ0n) is 12.4. The van der Waals surface area contributed by atoms with Gasteiger partial charge in [0.15, 0.2) is 0 Å². The van der Waals surface area contributed by atoms with Gasteiger partial charge in [0, 0.05) is 11.8 Å². The lowest BCUT2D eigenvalue weighted by Crippen LogP contribution is -2.15. The molecule has 0 fully saturated rings. The maximum absolute atomic E-state index is 12.2. The van der Waals surface area contributed by atoms with E-state index in [4.69, 9.17) is 0 Å². The highest BCUT2D eigenvalue weighted by Gasteiger charge is 2.14. The normalized spacial score (nSPS) is 11.2. The molecule has 2 aromatic rings. The van der Waals surface area contributed by atoms with E-state index < -0.39 is 0 Å². The average molecular weight is 268 g/mol. The summed E-state index contributed by atoms with van der Waals surface area (Å²) < 4.78 is 0. The van der Waals surface area contributed by atoms with Crippen molar-refractivity contribution in [1.29, 1.82) is 0 Å². The monoisotopic (exact) mass is 268 g/mol. The number of nitrogens with zero attached hydrogens (tertiary/aromatic N) is 1. The van der Waals surface area contributed by atoms with Crippen LogP contribution in [0.25, 0.3) is 0 Å². The highest BCUT2D eigenvalue weighted by atomic mass is 16.1. The van der Waals surface area contributed by atoms with E-state index in [1.54, 1.807) is 6.20 Å². The van der Waals surface area contributed by atoms with Gasteiger partial charge in [-0.15, -0.1) is 0 Å². The number of anilines is 1. The van der Waals surface area contributed by atoms with Crippen LogP contribution in [0.1, 0.15) is 42.3 Å². The van der Waals surface area contributed by atoms with Gasteiger partial charge < -0.3 is 5.32 Å². The average Bonchev–Trinajstić information content (AvgIpc) is 2.40. The molecule has 0 aliphatic heterocycles. The Balaban J connectivity index is 2.16. The van der Waals surface area contributed by atoms with Crippen LogP contribution in [0.15, 0.2) is 42.6 Å². The van der Waals surface area contributed by atoms with E-state index in [2.05, 4.69) is 31.1 Å². The third-order valence-electron chi connectivity index (χ3n) is 3.25. The van der Waals surface area contributed by atoms with Gasteiger partial charge in [-0.1, -0.05) is 39.0 Å². The minimum atomic E-state index is -0.132. The topological polar surface area (TPSA) is 42.0 Å². The Bertz CT molecular complexity index is 610. The molecule has 1 aromatic heterocycles. The van der Waals surface area contributed by atoms with Crippen LogP contribution >= 0.6 is 0 Å². The summed E-state index contributed by atoms with van der Waals surface area (Å²) in [5.41, 5.74) is 2.89. The van der Waals surface area contributed by atoms with Gasteiger partial charge in [0.05, 0.1) is 0 Å². The number of rotatable bonds is 2. The predicted octanol–water partition coefficient (Wildman–Crippen LogP) is 3.94. The molecular weight excluding hydrogens is 248 g/mol. The minimum absolute atomic E-state index is 0.0899. The van der Waals surface area contributed by atoms with E-state index in [-0.39, 0.29) is 11.3 Å². The number of amides is 1. The molecule has 0 atom stereocenters. The van der Waals surface area contributed by atoms with Gasteiger partial charge in [0.1, 0.15) is 5.82 Å². The molecule has 1 aromatic carbocycles. The molecule has 1 heterocycles. The molecular formula is C17H20N2O. The largest absolute Gasteiger partial charge is 0.306 e. The molecule has 0 spiro atoms. The van der Waals surface area contributed by atoms with E-state index in [0.29, 0.717) is 11.4 Å². The number of hydrogen-bond acceptors (Lipinski definition) is 2. The second kappa shape index (κ2) is 5.45. The molecule has 1 amide bonds. The van der Waals surface area contributed by atoms with Crippen molar-refractivity contribution < 1.29 is 4.79 Å². The number of aryl methyl sites for hydroxylation is 1. The summed E-state index contributed by atoms with van der Waals surface area (Å²) in [5, 5.41) is 2.83. The second-order valence-electron chi connectivity index (χ2n) is 5.95. The summed E-state index contributed by atoms with van der Waals surface area (Å²) in [6, 6.07) is 11.5. The molecule has 3 heteroatoms. The van der Waals surface area contributed by atoms with Crippen molar-refractivity contribution >= 4 is 11.7 Å².